The van der Waals surface area contributed by atoms with Crippen LogP contribution < -0.4 is 4.90 Å². The molecule has 0 N–H and O–H groups in total. The second kappa shape index (κ2) is 9.72. The fourth-order valence-electron chi connectivity index (χ4n) is 3.02. The van der Waals surface area contributed by atoms with Gasteiger partial charge < -0.3 is 18.2 Å². The van der Waals surface area contributed by atoms with Crippen LogP contribution in [-0.2, 0) is 13.3 Å². The number of anilines is 2. The minimum absolute atomic E-state index is 0.0582. The van der Waals surface area contributed by atoms with Crippen LogP contribution in [0.15, 0.2) is 60.7 Å². The van der Waals surface area contributed by atoms with E-state index in [1.165, 1.54) is 0 Å². The first-order chi connectivity index (χ1) is 12.2. The molecule has 5 heteroatoms. The fourth-order valence-corrected chi connectivity index (χ4v) is 5.82. The summed E-state index contributed by atoms with van der Waals surface area (Å²) in [5.41, 5.74) is 2.13. The van der Waals surface area contributed by atoms with Gasteiger partial charge >= 0.3 is 8.80 Å². The Balaban J connectivity index is 2.50. The molecule has 136 valence electrons. The van der Waals surface area contributed by atoms with Crippen LogP contribution in [0.2, 0.25) is 0 Å². The number of para-hydroxylation sites is 2. The lowest BCUT2D eigenvalue weighted by Gasteiger charge is -2.40. The van der Waals surface area contributed by atoms with Gasteiger partial charge in [0.1, 0.15) is 5.67 Å². The van der Waals surface area contributed by atoms with Crippen LogP contribution in [-0.4, -0.2) is 34.3 Å². The summed E-state index contributed by atoms with van der Waals surface area (Å²) in [7, 11) is -2.90. The van der Waals surface area contributed by atoms with Crippen molar-refractivity contribution in [1.82, 2.24) is 0 Å². The largest absolute Gasteiger partial charge is 0.524 e. The van der Waals surface area contributed by atoms with Crippen molar-refractivity contribution >= 4 is 20.2 Å². The first-order valence-corrected chi connectivity index (χ1v) is 10.8. The highest BCUT2D eigenvalue weighted by Crippen LogP contribution is 2.32. The van der Waals surface area contributed by atoms with E-state index in [1.807, 2.05) is 57.2 Å². The maximum absolute atomic E-state index is 6.15. The van der Waals surface area contributed by atoms with Gasteiger partial charge in [-0.15, -0.1) is 0 Å². The Morgan fingerprint density at radius 1 is 0.720 bits per heavy atom. The lowest BCUT2D eigenvalue weighted by atomic mass is 10.2. The van der Waals surface area contributed by atoms with Gasteiger partial charge in [0.2, 0.25) is 0 Å². The molecule has 0 radical (unpaired) electrons. The second-order valence-electron chi connectivity index (χ2n) is 5.62. The fraction of sp³-hybridized carbons (Fsp3) is 0.400. The Labute approximate surface area is 152 Å². The van der Waals surface area contributed by atoms with Crippen molar-refractivity contribution in [3.05, 3.63) is 60.7 Å². The molecular formula is C20H29NO3Si. The average Bonchev–Trinajstić information content (AvgIpc) is 2.64. The molecule has 2 aromatic carbocycles. The van der Waals surface area contributed by atoms with Gasteiger partial charge in [-0.1, -0.05) is 36.4 Å². The van der Waals surface area contributed by atoms with E-state index < -0.39 is 8.80 Å². The minimum Gasteiger partial charge on any atom is -0.373 e. The Bertz CT molecular complexity index is 552. The summed E-state index contributed by atoms with van der Waals surface area (Å²) >= 11 is 0. The first-order valence-electron chi connectivity index (χ1n) is 8.99. The normalized spacial score (nSPS) is 12.8. The summed E-state index contributed by atoms with van der Waals surface area (Å²) in [4.78, 5) is 2.26. The van der Waals surface area contributed by atoms with Crippen molar-refractivity contribution in [2.75, 3.05) is 24.7 Å². The van der Waals surface area contributed by atoms with E-state index in [1.54, 1.807) is 0 Å². The van der Waals surface area contributed by atoms with Crippen LogP contribution in [0.1, 0.15) is 27.7 Å². The molecule has 0 saturated heterocycles. The van der Waals surface area contributed by atoms with E-state index in [4.69, 9.17) is 13.3 Å². The standard InChI is InChI=1S/C20H29NO3Si/c1-5-22-25(23-6-2,24-7-3)18(4)21(19-14-10-8-11-15-19)20-16-12-9-13-17-20/h8-18H,5-7H2,1-4H3. The van der Waals surface area contributed by atoms with Crippen molar-refractivity contribution in [3.63, 3.8) is 0 Å². The van der Waals surface area contributed by atoms with E-state index in [0.29, 0.717) is 19.8 Å². The van der Waals surface area contributed by atoms with Crippen LogP contribution in [0.4, 0.5) is 11.4 Å². The Morgan fingerprint density at radius 3 is 1.40 bits per heavy atom. The highest BCUT2D eigenvalue weighted by Gasteiger charge is 2.50. The van der Waals surface area contributed by atoms with E-state index >= 15 is 0 Å². The Hall–Kier alpha value is -1.66. The summed E-state index contributed by atoms with van der Waals surface area (Å²) < 4.78 is 18.4. The molecule has 2 rings (SSSR count). The molecule has 0 aliphatic heterocycles. The Kier molecular flexibility index (Phi) is 7.65. The minimum atomic E-state index is -2.90. The van der Waals surface area contributed by atoms with Gasteiger partial charge in [-0.25, -0.2) is 0 Å². The van der Waals surface area contributed by atoms with Gasteiger partial charge in [-0.05, 0) is 52.0 Å². The lowest BCUT2D eigenvalue weighted by Crippen LogP contribution is -2.61. The lowest BCUT2D eigenvalue weighted by molar-refractivity contribution is 0.0640. The molecular weight excluding hydrogens is 330 g/mol. The number of hydrogen-bond donors (Lipinski definition) is 0. The number of nitrogens with zero attached hydrogens (tertiary/aromatic N) is 1. The number of hydrogen-bond acceptors (Lipinski definition) is 4. The van der Waals surface area contributed by atoms with Gasteiger partial charge in [-0.2, -0.15) is 0 Å². The molecule has 1 atom stereocenters. The Morgan fingerprint density at radius 2 is 1.08 bits per heavy atom. The zero-order chi connectivity index (χ0) is 18.1. The van der Waals surface area contributed by atoms with Gasteiger partial charge in [0.15, 0.2) is 0 Å². The zero-order valence-corrected chi connectivity index (χ0v) is 16.6. The molecule has 1 unspecified atom stereocenters. The zero-order valence-electron chi connectivity index (χ0n) is 15.6. The summed E-state index contributed by atoms with van der Waals surface area (Å²) in [6, 6.07) is 20.6. The van der Waals surface area contributed by atoms with Crippen LogP contribution in [0.25, 0.3) is 0 Å². The summed E-state index contributed by atoms with van der Waals surface area (Å²) in [6.45, 7) is 9.79. The molecule has 0 bridgehead atoms. The smallest absolute Gasteiger partial charge is 0.373 e. The predicted octanol–water partition coefficient (Wildman–Crippen LogP) is 4.80. The SMILES string of the molecule is CCO[Si](OCC)(OCC)C(C)N(c1ccccc1)c1ccccc1. The maximum atomic E-state index is 6.15. The maximum Gasteiger partial charge on any atom is 0.524 e. The van der Waals surface area contributed by atoms with Gasteiger partial charge in [0.25, 0.3) is 0 Å². The van der Waals surface area contributed by atoms with Crippen molar-refractivity contribution in [2.24, 2.45) is 0 Å². The highest BCUT2D eigenvalue weighted by atomic mass is 28.4. The molecule has 0 saturated carbocycles. The molecule has 2 aromatic rings. The van der Waals surface area contributed by atoms with Crippen molar-refractivity contribution < 1.29 is 13.3 Å². The molecule has 0 fully saturated rings. The van der Waals surface area contributed by atoms with E-state index in [0.717, 1.165) is 11.4 Å². The molecule has 25 heavy (non-hydrogen) atoms. The molecule has 0 aliphatic rings. The topological polar surface area (TPSA) is 30.9 Å². The van der Waals surface area contributed by atoms with E-state index in [-0.39, 0.29) is 5.67 Å². The van der Waals surface area contributed by atoms with Gasteiger partial charge in [0.05, 0.1) is 0 Å². The first kappa shape index (κ1) is 19.7. The average molecular weight is 360 g/mol. The summed E-state index contributed by atoms with van der Waals surface area (Å²) in [5.74, 6) is 0. The molecule has 0 heterocycles. The van der Waals surface area contributed by atoms with Crippen LogP contribution in [0, 0.1) is 0 Å². The third kappa shape index (κ3) is 4.70. The van der Waals surface area contributed by atoms with Gasteiger partial charge in [-0.3, -0.25) is 0 Å². The molecule has 4 nitrogen and oxygen atoms in total. The van der Waals surface area contributed by atoms with Crippen molar-refractivity contribution in [1.29, 1.82) is 0 Å². The van der Waals surface area contributed by atoms with Gasteiger partial charge in [0, 0.05) is 31.2 Å². The summed E-state index contributed by atoms with van der Waals surface area (Å²) in [5, 5.41) is 0. The quantitative estimate of drug-likeness (QED) is 0.570. The highest BCUT2D eigenvalue weighted by molar-refractivity contribution is 6.63. The monoisotopic (exact) mass is 359 g/mol. The third-order valence-electron chi connectivity index (χ3n) is 4.00. The van der Waals surface area contributed by atoms with Crippen molar-refractivity contribution in [3.8, 4) is 0 Å². The van der Waals surface area contributed by atoms with Crippen molar-refractivity contribution in [2.45, 2.75) is 33.4 Å². The molecule has 0 amide bonds. The summed E-state index contributed by atoms with van der Waals surface area (Å²) in [6.07, 6.45) is 0. The van der Waals surface area contributed by atoms with E-state index in [2.05, 4.69) is 36.1 Å². The van der Waals surface area contributed by atoms with Crippen LogP contribution in [0.5, 0.6) is 0 Å². The molecule has 0 aromatic heterocycles. The van der Waals surface area contributed by atoms with Crippen LogP contribution in [0.3, 0.4) is 0 Å². The predicted molar refractivity (Wildman–Crippen MR) is 105 cm³/mol. The van der Waals surface area contributed by atoms with Crippen LogP contribution >= 0.6 is 0 Å². The second-order valence-corrected chi connectivity index (χ2v) is 8.53. The molecule has 0 spiro atoms. The number of rotatable bonds is 10. The number of benzene rings is 2. The third-order valence-corrected chi connectivity index (χ3v) is 7.36. The molecule has 0 aliphatic carbocycles. The van der Waals surface area contributed by atoms with E-state index in [9.17, 15) is 0 Å².